The minimum Gasteiger partial charge on any atom is -0.481 e. The lowest BCUT2D eigenvalue weighted by Gasteiger charge is -2.47. The number of aromatic amines is 2. The van der Waals surface area contributed by atoms with Gasteiger partial charge in [0.1, 0.15) is 0 Å². The molecule has 3 aromatic heterocycles. The van der Waals surface area contributed by atoms with Gasteiger partial charge in [-0.1, -0.05) is 39.2 Å². The van der Waals surface area contributed by atoms with Gasteiger partial charge in [0.2, 0.25) is 0 Å². The summed E-state index contributed by atoms with van der Waals surface area (Å²) in [5.41, 5.74) is 11.0. The Kier molecular flexibility index (Phi) is 13.3. The minimum absolute atomic E-state index is 0.0780. The van der Waals surface area contributed by atoms with Crippen molar-refractivity contribution in [2.24, 2.45) is 23.7 Å². The minimum atomic E-state index is -2.30. The zero-order valence-electron chi connectivity index (χ0n) is 37.0. The molecule has 1 saturated carbocycles. The first-order chi connectivity index (χ1) is 29.4. The summed E-state index contributed by atoms with van der Waals surface area (Å²) >= 11 is 0. The van der Waals surface area contributed by atoms with E-state index in [2.05, 4.69) is 23.1 Å². The van der Waals surface area contributed by atoms with Crippen molar-refractivity contribution < 1.29 is 44.0 Å². The van der Waals surface area contributed by atoms with E-state index in [0.29, 0.717) is 42.0 Å². The van der Waals surface area contributed by atoms with Crippen LogP contribution in [-0.4, -0.2) is 79.0 Å². The number of hydrogen-bond acceptors (Lipinski definition) is 9. The fourth-order valence-electron chi connectivity index (χ4n) is 9.95. The number of esters is 2. The van der Waals surface area contributed by atoms with E-state index in [0.717, 1.165) is 72.2 Å². The van der Waals surface area contributed by atoms with Crippen molar-refractivity contribution >= 4 is 80.4 Å². The topological polar surface area (TPSA) is 205 Å². The Morgan fingerprint density at radius 1 is 0.806 bits per heavy atom. The van der Waals surface area contributed by atoms with E-state index in [1.807, 2.05) is 52.8 Å². The van der Waals surface area contributed by atoms with Gasteiger partial charge < -0.3 is 34.8 Å². The highest BCUT2D eigenvalue weighted by atomic mass is 16.5. The van der Waals surface area contributed by atoms with Crippen LogP contribution in [-0.2, 0) is 35.1 Å². The van der Waals surface area contributed by atoms with E-state index in [-0.39, 0.29) is 44.0 Å². The van der Waals surface area contributed by atoms with Crippen LogP contribution in [0.2, 0.25) is 0 Å². The number of fused-ring (bicyclic) bond motifs is 8. The number of methoxy groups -OCH3 is 2. The van der Waals surface area contributed by atoms with E-state index in [9.17, 15) is 34.5 Å². The molecule has 0 saturated heterocycles. The largest absolute Gasteiger partial charge is 0.481 e. The summed E-state index contributed by atoms with van der Waals surface area (Å²) in [5, 5.41) is 32.9. The average molecular weight is 847 g/mol. The Hall–Kier alpha value is -6.08. The van der Waals surface area contributed by atoms with Gasteiger partial charge in [0.25, 0.3) is 0 Å². The van der Waals surface area contributed by atoms with Gasteiger partial charge in [-0.3, -0.25) is 14.4 Å². The maximum Gasteiger partial charge on any atom is 0.336 e. The van der Waals surface area contributed by atoms with Crippen LogP contribution in [0.15, 0.2) is 31.4 Å². The number of hydrogen-bond donors (Lipinski definition) is 5. The number of ether oxygens (including phenoxy) is 2. The number of H-pyrrole nitrogens is 2. The zero-order valence-corrected chi connectivity index (χ0v) is 37.0. The monoisotopic (exact) mass is 846 g/mol. The maximum absolute atomic E-state index is 13.1. The normalized spacial score (nSPS) is 20.5. The number of nitrogens with zero attached hydrogens (tertiary/aromatic N) is 2. The lowest BCUT2D eigenvalue weighted by molar-refractivity contribution is -0.191. The molecule has 62 heavy (non-hydrogen) atoms. The Balaban J connectivity index is 1.72. The molecule has 3 aliphatic rings. The summed E-state index contributed by atoms with van der Waals surface area (Å²) in [6, 6.07) is 5.89. The highest BCUT2D eigenvalue weighted by Gasteiger charge is 2.57. The predicted molar refractivity (Wildman–Crippen MR) is 241 cm³/mol. The van der Waals surface area contributed by atoms with Gasteiger partial charge in [0, 0.05) is 63.4 Å². The quantitative estimate of drug-likeness (QED) is 0.0968. The van der Waals surface area contributed by atoms with Crippen molar-refractivity contribution in [3.8, 4) is 0 Å². The number of carboxylic acid groups (broad SMARTS) is 2. The van der Waals surface area contributed by atoms with Gasteiger partial charge in [-0.2, -0.15) is 0 Å². The molecule has 0 spiro atoms. The van der Waals surface area contributed by atoms with Crippen molar-refractivity contribution in [1.29, 1.82) is 0 Å². The fraction of sp³-hybridized carbons (Fsp3) is 0.429. The second-order valence-corrected chi connectivity index (χ2v) is 16.9. The molecule has 1 fully saturated rings. The van der Waals surface area contributed by atoms with Crippen LogP contribution in [0, 0.1) is 37.5 Å². The van der Waals surface area contributed by atoms with Gasteiger partial charge in [0.05, 0.1) is 42.9 Å². The van der Waals surface area contributed by atoms with Crippen LogP contribution in [0.3, 0.4) is 0 Å². The van der Waals surface area contributed by atoms with Crippen molar-refractivity contribution in [3.05, 3.63) is 81.9 Å². The van der Waals surface area contributed by atoms with Crippen LogP contribution in [0.25, 0.3) is 56.5 Å². The molecule has 5 atom stereocenters. The first-order valence-corrected chi connectivity index (χ1v) is 21.2. The number of aliphatic hydroxyl groups is 1. The lowest BCUT2D eigenvalue weighted by Crippen LogP contribution is -2.59. The smallest absolute Gasteiger partial charge is 0.336 e. The van der Waals surface area contributed by atoms with Crippen LogP contribution in [0.5, 0.6) is 0 Å². The number of nitrogens with one attached hydrogen (secondary N) is 2. The number of carbonyl (C=O) groups excluding carboxylic acids is 2. The molecule has 5 heterocycles. The van der Waals surface area contributed by atoms with E-state index >= 15 is 0 Å². The molecular formula is C49H58N4O9. The zero-order chi connectivity index (χ0) is 45.4. The predicted octanol–water partition coefficient (Wildman–Crippen LogP) is 9.12. The van der Waals surface area contributed by atoms with Crippen LogP contribution < -0.4 is 0 Å². The van der Waals surface area contributed by atoms with Gasteiger partial charge in [-0.05, 0) is 124 Å². The Morgan fingerprint density at radius 3 is 1.97 bits per heavy atom. The number of allylic oxidation sites excluding steroid dienone is 4. The summed E-state index contributed by atoms with van der Waals surface area (Å²) < 4.78 is 10.1. The molecule has 2 aliphatic heterocycles. The fourth-order valence-corrected chi connectivity index (χ4v) is 9.95. The second kappa shape index (κ2) is 18.1. The molecule has 13 nitrogen and oxygen atoms in total. The molecule has 0 radical (unpaired) electrons. The molecule has 8 bridgehead atoms. The van der Waals surface area contributed by atoms with Crippen molar-refractivity contribution in [2.45, 2.75) is 98.5 Å². The summed E-state index contributed by atoms with van der Waals surface area (Å²) in [7, 11) is 2.70. The van der Waals surface area contributed by atoms with Crippen molar-refractivity contribution in [2.75, 3.05) is 14.2 Å². The third-order valence-corrected chi connectivity index (χ3v) is 13.7. The van der Waals surface area contributed by atoms with Gasteiger partial charge >= 0.3 is 23.9 Å². The van der Waals surface area contributed by atoms with E-state index in [4.69, 9.17) is 19.4 Å². The molecule has 5 N–H and O–H groups in total. The van der Waals surface area contributed by atoms with Crippen LogP contribution in [0.4, 0.5) is 0 Å². The van der Waals surface area contributed by atoms with Gasteiger partial charge in [-0.25, -0.2) is 14.8 Å². The Bertz CT molecular complexity index is 2610. The van der Waals surface area contributed by atoms with Crippen LogP contribution >= 0.6 is 0 Å². The van der Waals surface area contributed by atoms with E-state index in [1.165, 1.54) is 21.1 Å². The van der Waals surface area contributed by atoms with Crippen molar-refractivity contribution in [1.82, 2.24) is 19.9 Å². The molecule has 6 rings (SSSR count). The summed E-state index contributed by atoms with van der Waals surface area (Å²) in [6.45, 7) is 19.6. The standard InChI is InChI=1S/C49H58N4O9/c1-11-30-25(4)37-22-40-31(12-2)27(6)45(52-40)34(14-18-35-24(3)13-17-36(29(8)47(56)57)49(35,60)48(58)59)46-28(7)33(16-20-44(55)62-10)42(53-46)23-41-32(15-19-43(54)61-9)26(5)38(51-41)21-39(30)50-37/h11-12,21-24,29,35-36,50,52,60H,1-2,13-20H2,3-10H3,(H,56,57)(H,58,59)/t24-,29-,35+,36+,49-/m1/s1. The lowest BCUT2D eigenvalue weighted by atomic mass is 9.59. The number of rotatable bonds is 14. The number of aromatic nitrogens is 4. The third kappa shape index (κ3) is 8.17. The van der Waals surface area contributed by atoms with Crippen molar-refractivity contribution in [3.63, 3.8) is 0 Å². The molecular weight excluding hydrogens is 789 g/mol. The summed E-state index contributed by atoms with van der Waals surface area (Å²) in [6.07, 6.45) is 5.72. The summed E-state index contributed by atoms with van der Waals surface area (Å²) in [4.78, 5) is 68.2. The molecule has 328 valence electrons. The average Bonchev–Trinajstić information content (AvgIpc) is 3.92. The molecule has 0 aromatic carbocycles. The third-order valence-electron chi connectivity index (χ3n) is 13.7. The maximum atomic E-state index is 13.1. The Morgan fingerprint density at radius 2 is 1.39 bits per heavy atom. The number of carbonyl (C=O) groups is 4. The SMILES string of the molecule is C=Cc1c(C)c2cc3[nH]c(c(C)c3C=C)c(CC[C@H]3[C@H](C)CC[C@@H]([C@@H](C)C(=O)O)[C@@]3(O)C(=O)O)c3nc(cc4nc(cc1[nH]2)C(C)=C4CCC(=O)OC)C(CCC(=O)OC)=C3C. The molecule has 0 amide bonds. The van der Waals surface area contributed by atoms with Gasteiger partial charge in [0.15, 0.2) is 5.60 Å². The molecule has 3 aromatic rings. The number of carboxylic acids is 2. The molecule has 13 heteroatoms. The number of aryl methyl sites for hydroxylation is 3. The second-order valence-electron chi connectivity index (χ2n) is 16.9. The van der Waals surface area contributed by atoms with E-state index in [1.54, 1.807) is 12.2 Å². The Labute approximate surface area is 361 Å². The van der Waals surface area contributed by atoms with E-state index < -0.39 is 41.3 Å². The molecule has 1 aliphatic carbocycles. The highest BCUT2D eigenvalue weighted by Crippen LogP contribution is 2.48. The highest BCUT2D eigenvalue weighted by molar-refractivity contribution is 5.98. The first-order valence-electron chi connectivity index (χ1n) is 21.2. The first kappa shape index (κ1) is 45.4. The van der Waals surface area contributed by atoms with Gasteiger partial charge in [-0.15, -0.1) is 0 Å². The molecule has 0 unspecified atom stereocenters. The van der Waals surface area contributed by atoms with Crippen LogP contribution in [0.1, 0.15) is 123 Å². The summed E-state index contributed by atoms with van der Waals surface area (Å²) in [5.74, 6) is -6.46. The number of aliphatic carboxylic acids is 2.